The van der Waals surface area contributed by atoms with Crippen LogP contribution >= 0.6 is 0 Å². The predicted octanol–water partition coefficient (Wildman–Crippen LogP) is 3.12. The Morgan fingerprint density at radius 2 is 1.95 bits per heavy atom. The van der Waals surface area contributed by atoms with Gasteiger partial charge in [0, 0.05) is 25.7 Å². The molecule has 1 aliphatic heterocycles. The molecule has 110 valence electrons. The summed E-state index contributed by atoms with van der Waals surface area (Å²) in [7, 11) is 0. The first-order valence-electron chi connectivity index (χ1n) is 6.27. The summed E-state index contributed by atoms with van der Waals surface area (Å²) in [6.45, 7) is 0.417. The SMILES string of the molecule is FC(F)(F)c1ccnc(N2CCCC3(C2)CC3(F)F)n1. The highest BCUT2D eigenvalue weighted by molar-refractivity contribution is 5.35. The van der Waals surface area contributed by atoms with E-state index in [0.717, 1.165) is 12.3 Å². The maximum absolute atomic E-state index is 13.4. The molecule has 0 amide bonds. The highest BCUT2D eigenvalue weighted by Crippen LogP contribution is 2.64. The van der Waals surface area contributed by atoms with Gasteiger partial charge >= 0.3 is 6.18 Å². The number of alkyl halides is 5. The van der Waals surface area contributed by atoms with Crippen molar-refractivity contribution in [1.82, 2.24) is 9.97 Å². The predicted molar refractivity (Wildman–Crippen MR) is 60.5 cm³/mol. The molecule has 0 aromatic carbocycles. The van der Waals surface area contributed by atoms with E-state index in [4.69, 9.17) is 0 Å². The van der Waals surface area contributed by atoms with E-state index < -0.39 is 23.2 Å². The molecular weight excluding hydrogens is 281 g/mol. The Kier molecular flexibility index (Phi) is 2.71. The lowest BCUT2D eigenvalue weighted by atomic mass is 9.94. The van der Waals surface area contributed by atoms with Gasteiger partial charge in [0.1, 0.15) is 5.69 Å². The smallest absolute Gasteiger partial charge is 0.340 e. The summed E-state index contributed by atoms with van der Waals surface area (Å²) in [5.74, 6) is -2.84. The molecule has 2 aliphatic rings. The highest BCUT2D eigenvalue weighted by Gasteiger charge is 2.71. The second kappa shape index (κ2) is 4.02. The normalized spacial score (nSPS) is 28.8. The summed E-state index contributed by atoms with van der Waals surface area (Å²) in [6, 6.07) is 0.773. The van der Waals surface area contributed by atoms with E-state index in [1.54, 1.807) is 0 Å². The number of nitrogens with zero attached hydrogens (tertiary/aromatic N) is 3. The average Bonchev–Trinajstić information content (AvgIpc) is 2.88. The monoisotopic (exact) mass is 293 g/mol. The summed E-state index contributed by atoms with van der Waals surface area (Å²) in [5, 5.41) is 0. The minimum absolute atomic E-state index is 0.0152. The molecule has 0 N–H and O–H groups in total. The molecule has 1 saturated carbocycles. The molecular formula is C12H12F5N3. The number of anilines is 1. The molecule has 2 heterocycles. The van der Waals surface area contributed by atoms with Crippen molar-refractivity contribution in [3.8, 4) is 0 Å². The summed E-state index contributed by atoms with van der Waals surface area (Å²) in [5.41, 5.74) is -2.15. The molecule has 1 aliphatic carbocycles. The summed E-state index contributed by atoms with van der Waals surface area (Å²) < 4.78 is 64.5. The van der Waals surface area contributed by atoms with Crippen LogP contribution in [0.4, 0.5) is 27.9 Å². The van der Waals surface area contributed by atoms with Crippen LogP contribution in [0.2, 0.25) is 0 Å². The molecule has 1 atom stereocenters. The van der Waals surface area contributed by atoms with Crippen molar-refractivity contribution in [3.63, 3.8) is 0 Å². The van der Waals surface area contributed by atoms with Gasteiger partial charge in [0.15, 0.2) is 0 Å². The molecule has 1 aromatic heterocycles. The lowest BCUT2D eigenvalue weighted by Crippen LogP contribution is -2.40. The van der Waals surface area contributed by atoms with Crippen LogP contribution in [0.15, 0.2) is 12.3 Å². The van der Waals surface area contributed by atoms with Gasteiger partial charge in [0.25, 0.3) is 5.92 Å². The van der Waals surface area contributed by atoms with E-state index in [9.17, 15) is 22.0 Å². The van der Waals surface area contributed by atoms with Crippen LogP contribution in [0, 0.1) is 5.41 Å². The number of rotatable bonds is 1. The lowest BCUT2D eigenvalue weighted by Gasteiger charge is -2.33. The molecule has 2 fully saturated rings. The van der Waals surface area contributed by atoms with Crippen molar-refractivity contribution in [1.29, 1.82) is 0 Å². The van der Waals surface area contributed by atoms with Crippen molar-refractivity contribution in [2.45, 2.75) is 31.4 Å². The number of aromatic nitrogens is 2. The summed E-state index contributed by atoms with van der Waals surface area (Å²) in [6.07, 6.45) is -2.84. The first-order valence-corrected chi connectivity index (χ1v) is 6.27. The number of halogens is 5. The minimum atomic E-state index is -4.56. The molecule has 3 nitrogen and oxygen atoms in total. The van der Waals surface area contributed by atoms with Crippen LogP contribution in [0.3, 0.4) is 0 Å². The van der Waals surface area contributed by atoms with Crippen LogP contribution in [0.5, 0.6) is 0 Å². The zero-order valence-corrected chi connectivity index (χ0v) is 10.4. The fourth-order valence-electron chi connectivity index (χ4n) is 2.78. The van der Waals surface area contributed by atoms with E-state index in [0.29, 0.717) is 19.4 Å². The molecule has 8 heteroatoms. The van der Waals surface area contributed by atoms with Gasteiger partial charge in [0.05, 0.1) is 5.41 Å². The second-order valence-electron chi connectivity index (χ2n) is 5.43. The van der Waals surface area contributed by atoms with E-state index in [-0.39, 0.29) is 18.9 Å². The molecule has 0 radical (unpaired) electrons. The van der Waals surface area contributed by atoms with E-state index in [1.807, 2.05) is 0 Å². The van der Waals surface area contributed by atoms with Gasteiger partial charge in [-0.3, -0.25) is 0 Å². The standard InChI is InChI=1S/C12H12F5N3/c13-11(14)6-10(11)3-1-5-20(7-10)9-18-4-2-8(19-9)12(15,16)17/h2,4H,1,3,5-7H2. The van der Waals surface area contributed by atoms with Crippen molar-refractivity contribution in [2.75, 3.05) is 18.0 Å². The summed E-state index contributed by atoms with van der Waals surface area (Å²) >= 11 is 0. The third-order valence-electron chi connectivity index (χ3n) is 4.00. The zero-order chi connectivity index (χ0) is 14.6. The number of piperidine rings is 1. The highest BCUT2D eigenvalue weighted by atomic mass is 19.4. The van der Waals surface area contributed by atoms with Crippen molar-refractivity contribution in [3.05, 3.63) is 18.0 Å². The molecule has 1 saturated heterocycles. The second-order valence-corrected chi connectivity index (χ2v) is 5.43. The first-order chi connectivity index (χ1) is 9.24. The Morgan fingerprint density at radius 3 is 2.55 bits per heavy atom. The number of hydrogen-bond donors (Lipinski definition) is 0. The first kappa shape index (κ1) is 13.5. The van der Waals surface area contributed by atoms with Crippen LogP contribution in [0.1, 0.15) is 25.0 Å². The summed E-state index contributed by atoms with van der Waals surface area (Å²) in [4.78, 5) is 8.67. The topological polar surface area (TPSA) is 29.0 Å². The van der Waals surface area contributed by atoms with Gasteiger partial charge in [-0.1, -0.05) is 0 Å². The molecule has 1 spiro atoms. The van der Waals surface area contributed by atoms with Gasteiger partial charge in [-0.25, -0.2) is 18.7 Å². The van der Waals surface area contributed by atoms with Crippen LogP contribution in [-0.4, -0.2) is 29.0 Å². The molecule has 0 bridgehead atoms. The Morgan fingerprint density at radius 1 is 1.25 bits per heavy atom. The molecule has 1 unspecified atom stereocenters. The number of hydrogen-bond acceptors (Lipinski definition) is 3. The van der Waals surface area contributed by atoms with Crippen LogP contribution < -0.4 is 4.90 Å². The molecule has 1 aromatic rings. The van der Waals surface area contributed by atoms with E-state index in [1.165, 1.54) is 4.90 Å². The third-order valence-corrected chi connectivity index (χ3v) is 4.00. The Balaban J connectivity index is 1.83. The minimum Gasteiger partial charge on any atom is -0.340 e. The Bertz CT molecular complexity index is 530. The van der Waals surface area contributed by atoms with Gasteiger partial charge in [-0.05, 0) is 18.9 Å². The van der Waals surface area contributed by atoms with E-state index >= 15 is 0 Å². The van der Waals surface area contributed by atoms with E-state index in [2.05, 4.69) is 9.97 Å². The third kappa shape index (κ3) is 2.10. The fourth-order valence-corrected chi connectivity index (χ4v) is 2.78. The maximum atomic E-state index is 13.4. The average molecular weight is 293 g/mol. The maximum Gasteiger partial charge on any atom is 0.433 e. The van der Waals surface area contributed by atoms with Crippen molar-refractivity contribution < 1.29 is 22.0 Å². The quantitative estimate of drug-likeness (QED) is 0.745. The largest absolute Gasteiger partial charge is 0.433 e. The van der Waals surface area contributed by atoms with Crippen molar-refractivity contribution in [2.24, 2.45) is 5.41 Å². The van der Waals surface area contributed by atoms with Gasteiger partial charge in [-0.15, -0.1) is 0 Å². The van der Waals surface area contributed by atoms with Gasteiger partial charge in [0.2, 0.25) is 5.95 Å². The Hall–Kier alpha value is -1.47. The van der Waals surface area contributed by atoms with Crippen LogP contribution in [-0.2, 0) is 6.18 Å². The lowest BCUT2D eigenvalue weighted by molar-refractivity contribution is -0.141. The zero-order valence-electron chi connectivity index (χ0n) is 10.4. The van der Waals surface area contributed by atoms with Crippen LogP contribution in [0.25, 0.3) is 0 Å². The molecule has 20 heavy (non-hydrogen) atoms. The van der Waals surface area contributed by atoms with Gasteiger partial charge < -0.3 is 4.90 Å². The Labute approximate surface area is 111 Å². The van der Waals surface area contributed by atoms with Gasteiger partial charge in [-0.2, -0.15) is 13.2 Å². The fraction of sp³-hybridized carbons (Fsp3) is 0.667. The molecule has 3 rings (SSSR count). The van der Waals surface area contributed by atoms with Crippen molar-refractivity contribution >= 4 is 5.95 Å².